The Hall–Kier alpha value is -1.62. The molecule has 3 heterocycles. The van der Waals surface area contributed by atoms with Crippen LogP contribution >= 0.6 is 0 Å². The molecule has 2 aromatic rings. The number of nitrogen functional groups attached to an aromatic ring is 1. The van der Waals surface area contributed by atoms with Gasteiger partial charge in [0.25, 0.3) is 0 Å². The molecule has 0 amide bonds. The average Bonchev–Trinajstić information content (AvgIpc) is 2.84. The number of hydrogen-bond donors (Lipinski definition) is 1. The molecule has 0 bridgehead atoms. The second kappa shape index (κ2) is 3.70. The molecule has 0 saturated carbocycles. The molecule has 5 heteroatoms. The number of nitrogens with two attached hydrogens (primary N) is 1. The van der Waals surface area contributed by atoms with Gasteiger partial charge in [0.05, 0.1) is 5.69 Å². The van der Waals surface area contributed by atoms with Crippen LogP contribution in [0.3, 0.4) is 0 Å². The van der Waals surface area contributed by atoms with E-state index in [0.717, 1.165) is 36.5 Å². The first-order valence-electron chi connectivity index (χ1n) is 5.94. The van der Waals surface area contributed by atoms with Gasteiger partial charge in [0.2, 0.25) is 0 Å². The van der Waals surface area contributed by atoms with Crippen molar-refractivity contribution in [3.05, 3.63) is 23.9 Å². The van der Waals surface area contributed by atoms with Gasteiger partial charge in [-0.25, -0.2) is 9.97 Å². The van der Waals surface area contributed by atoms with Crippen LogP contribution in [-0.2, 0) is 0 Å². The van der Waals surface area contributed by atoms with Gasteiger partial charge in [-0.3, -0.25) is 4.40 Å². The smallest absolute Gasteiger partial charge is 0.149 e. The fraction of sp³-hybridized carbons (Fsp3) is 0.500. The highest BCUT2D eigenvalue weighted by molar-refractivity contribution is 5.68. The number of fused-ring (bicyclic) bond motifs is 1. The number of aromatic nitrogens is 3. The summed E-state index contributed by atoms with van der Waals surface area (Å²) in [6.07, 6.45) is 4.86. The molecule has 0 spiro atoms. The topological polar surface area (TPSA) is 59.5 Å². The summed E-state index contributed by atoms with van der Waals surface area (Å²) in [5, 5.41) is 0. The van der Waals surface area contributed by atoms with E-state index in [4.69, 9.17) is 5.73 Å². The van der Waals surface area contributed by atoms with Crippen LogP contribution in [0.4, 0.5) is 5.82 Å². The van der Waals surface area contributed by atoms with Crippen molar-refractivity contribution in [1.29, 1.82) is 0 Å². The third-order valence-corrected chi connectivity index (χ3v) is 3.54. The van der Waals surface area contributed by atoms with E-state index in [1.807, 2.05) is 13.1 Å². The molecule has 1 atom stereocenters. The Labute approximate surface area is 100 Å². The maximum Gasteiger partial charge on any atom is 0.149 e. The van der Waals surface area contributed by atoms with Gasteiger partial charge < -0.3 is 10.6 Å². The Morgan fingerprint density at radius 2 is 2.29 bits per heavy atom. The molecule has 3 rings (SSSR count). The number of hydrogen-bond acceptors (Lipinski definition) is 4. The largest absolute Gasteiger partial charge is 0.382 e. The molecule has 1 fully saturated rings. The highest BCUT2D eigenvalue weighted by Gasteiger charge is 2.26. The molecule has 1 saturated heterocycles. The summed E-state index contributed by atoms with van der Waals surface area (Å²) in [5.41, 5.74) is 7.84. The molecule has 2 N–H and O–H groups in total. The SMILES string of the molecule is Cc1nc(C2CCN(C)C2)n2ccnc(N)c12. The number of anilines is 1. The van der Waals surface area contributed by atoms with Gasteiger partial charge in [0.15, 0.2) is 0 Å². The summed E-state index contributed by atoms with van der Waals surface area (Å²) in [6.45, 7) is 4.20. The lowest BCUT2D eigenvalue weighted by molar-refractivity contribution is 0.409. The van der Waals surface area contributed by atoms with Crippen LogP contribution in [-0.4, -0.2) is 39.4 Å². The van der Waals surface area contributed by atoms with Crippen molar-refractivity contribution in [2.24, 2.45) is 0 Å². The summed E-state index contributed by atoms with van der Waals surface area (Å²) < 4.78 is 2.10. The van der Waals surface area contributed by atoms with E-state index in [2.05, 4.69) is 26.3 Å². The predicted octanol–water partition coefficient (Wildman–Crippen LogP) is 1.04. The molecule has 5 nitrogen and oxygen atoms in total. The van der Waals surface area contributed by atoms with Crippen molar-refractivity contribution >= 4 is 11.3 Å². The molecule has 1 aliphatic rings. The number of aryl methyl sites for hydroxylation is 1. The van der Waals surface area contributed by atoms with Crippen molar-refractivity contribution in [3.63, 3.8) is 0 Å². The van der Waals surface area contributed by atoms with Crippen molar-refractivity contribution < 1.29 is 0 Å². The van der Waals surface area contributed by atoms with E-state index < -0.39 is 0 Å². The van der Waals surface area contributed by atoms with Gasteiger partial charge in [-0.1, -0.05) is 0 Å². The number of imidazole rings is 1. The van der Waals surface area contributed by atoms with E-state index in [0.29, 0.717) is 11.7 Å². The normalized spacial score (nSPS) is 21.4. The monoisotopic (exact) mass is 231 g/mol. The molecule has 2 aromatic heterocycles. The predicted molar refractivity (Wildman–Crippen MR) is 67.0 cm³/mol. The Balaban J connectivity index is 2.14. The van der Waals surface area contributed by atoms with Gasteiger partial charge >= 0.3 is 0 Å². The molecule has 0 radical (unpaired) electrons. The van der Waals surface area contributed by atoms with E-state index in [-0.39, 0.29) is 0 Å². The van der Waals surface area contributed by atoms with E-state index in [1.165, 1.54) is 0 Å². The fourth-order valence-electron chi connectivity index (χ4n) is 2.70. The molecule has 17 heavy (non-hydrogen) atoms. The lowest BCUT2D eigenvalue weighted by Gasteiger charge is -2.09. The zero-order valence-electron chi connectivity index (χ0n) is 10.2. The van der Waals surface area contributed by atoms with Crippen LogP contribution < -0.4 is 5.73 Å². The van der Waals surface area contributed by atoms with Crippen molar-refractivity contribution in [2.45, 2.75) is 19.3 Å². The molecule has 1 unspecified atom stereocenters. The lowest BCUT2D eigenvalue weighted by atomic mass is 10.1. The first-order chi connectivity index (χ1) is 8.16. The third kappa shape index (κ3) is 1.58. The van der Waals surface area contributed by atoms with E-state index in [9.17, 15) is 0 Å². The molecular weight excluding hydrogens is 214 g/mol. The average molecular weight is 231 g/mol. The first kappa shape index (κ1) is 10.5. The van der Waals surface area contributed by atoms with Crippen molar-refractivity contribution in [1.82, 2.24) is 19.3 Å². The molecule has 90 valence electrons. The van der Waals surface area contributed by atoms with Crippen LogP contribution in [0, 0.1) is 6.92 Å². The van der Waals surface area contributed by atoms with Crippen LogP contribution in [0.25, 0.3) is 5.52 Å². The quantitative estimate of drug-likeness (QED) is 0.796. The fourth-order valence-corrected chi connectivity index (χ4v) is 2.70. The summed E-state index contributed by atoms with van der Waals surface area (Å²) in [4.78, 5) is 11.2. The highest BCUT2D eigenvalue weighted by atomic mass is 15.1. The molecule has 1 aliphatic heterocycles. The number of likely N-dealkylation sites (tertiary alicyclic amines) is 1. The van der Waals surface area contributed by atoms with Crippen LogP contribution in [0.1, 0.15) is 23.9 Å². The zero-order valence-corrected chi connectivity index (χ0v) is 10.2. The number of likely N-dealkylation sites (N-methyl/N-ethyl adjacent to an activating group) is 1. The molecule has 0 aromatic carbocycles. The van der Waals surface area contributed by atoms with Crippen molar-refractivity contribution in [2.75, 3.05) is 25.9 Å². The van der Waals surface area contributed by atoms with E-state index >= 15 is 0 Å². The van der Waals surface area contributed by atoms with Crippen LogP contribution in [0.5, 0.6) is 0 Å². The van der Waals surface area contributed by atoms with Crippen LogP contribution in [0.15, 0.2) is 12.4 Å². The van der Waals surface area contributed by atoms with E-state index in [1.54, 1.807) is 6.20 Å². The maximum absolute atomic E-state index is 5.91. The Kier molecular flexibility index (Phi) is 2.29. The Morgan fingerprint density at radius 3 is 3.00 bits per heavy atom. The minimum absolute atomic E-state index is 0.503. The summed E-state index contributed by atoms with van der Waals surface area (Å²) in [7, 11) is 2.15. The summed E-state index contributed by atoms with van der Waals surface area (Å²) in [5.74, 6) is 2.19. The van der Waals surface area contributed by atoms with Gasteiger partial charge in [0.1, 0.15) is 17.2 Å². The van der Waals surface area contributed by atoms with Gasteiger partial charge in [-0.2, -0.15) is 0 Å². The van der Waals surface area contributed by atoms with Gasteiger partial charge in [-0.15, -0.1) is 0 Å². The second-order valence-electron chi connectivity index (χ2n) is 4.83. The van der Waals surface area contributed by atoms with Gasteiger partial charge in [-0.05, 0) is 26.9 Å². The first-order valence-corrected chi connectivity index (χ1v) is 5.94. The van der Waals surface area contributed by atoms with Gasteiger partial charge in [0, 0.05) is 24.9 Å². The Bertz CT molecular complexity index is 559. The number of rotatable bonds is 1. The summed E-state index contributed by atoms with van der Waals surface area (Å²) >= 11 is 0. The molecule has 0 aliphatic carbocycles. The maximum atomic E-state index is 5.91. The van der Waals surface area contributed by atoms with Crippen LogP contribution in [0.2, 0.25) is 0 Å². The highest BCUT2D eigenvalue weighted by Crippen LogP contribution is 2.28. The second-order valence-corrected chi connectivity index (χ2v) is 4.83. The standard InChI is InChI=1S/C12H17N5/c1-8-10-11(13)14-4-6-17(10)12(15-8)9-3-5-16(2)7-9/h4,6,9H,3,5,7H2,1-2H3,(H2,13,14). The minimum atomic E-state index is 0.503. The summed E-state index contributed by atoms with van der Waals surface area (Å²) in [6, 6.07) is 0. The molecular formula is C12H17N5. The third-order valence-electron chi connectivity index (χ3n) is 3.54. The number of nitrogens with zero attached hydrogens (tertiary/aromatic N) is 4. The zero-order chi connectivity index (χ0) is 12.0. The Morgan fingerprint density at radius 1 is 1.47 bits per heavy atom. The lowest BCUT2D eigenvalue weighted by Crippen LogP contribution is -2.14. The van der Waals surface area contributed by atoms with Crippen molar-refractivity contribution in [3.8, 4) is 0 Å². The minimum Gasteiger partial charge on any atom is -0.382 e.